The number of amides is 1. The molecule has 0 saturated carbocycles. The average molecular weight is 377 g/mol. The molecule has 0 aromatic heterocycles. The van der Waals surface area contributed by atoms with Crippen LogP contribution >= 0.6 is 11.6 Å². The first-order chi connectivity index (χ1) is 11.8. The van der Waals surface area contributed by atoms with Crippen LogP contribution < -0.4 is 10.0 Å². The van der Waals surface area contributed by atoms with Crippen LogP contribution in [0.25, 0.3) is 0 Å². The Morgan fingerprint density at radius 1 is 1.24 bits per heavy atom. The predicted octanol–water partition coefficient (Wildman–Crippen LogP) is 2.74. The molecule has 25 heavy (non-hydrogen) atoms. The normalized spacial score (nSPS) is 12.2. The summed E-state index contributed by atoms with van der Waals surface area (Å²) in [5.74, 6) is 1.80. The maximum absolute atomic E-state index is 12.4. The van der Waals surface area contributed by atoms with E-state index in [0.717, 1.165) is 5.56 Å². The topological polar surface area (TPSA) is 75.3 Å². The summed E-state index contributed by atoms with van der Waals surface area (Å²) in [7, 11) is -3.76. The van der Waals surface area contributed by atoms with Gasteiger partial charge in [-0.1, -0.05) is 41.8 Å². The largest absolute Gasteiger partial charge is 0.345 e. The highest BCUT2D eigenvalue weighted by Crippen LogP contribution is 2.22. The van der Waals surface area contributed by atoms with E-state index in [-0.39, 0.29) is 23.0 Å². The fourth-order valence-electron chi connectivity index (χ4n) is 2.21. The maximum Gasteiger partial charge on any atom is 0.251 e. The first kappa shape index (κ1) is 19.0. The van der Waals surface area contributed by atoms with Crippen molar-refractivity contribution in [1.82, 2.24) is 10.0 Å². The second kappa shape index (κ2) is 8.17. The Kier molecular flexibility index (Phi) is 6.21. The van der Waals surface area contributed by atoms with Crippen LogP contribution in [0.2, 0.25) is 5.02 Å². The fourth-order valence-corrected chi connectivity index (χ4v) is 3.49. The van der Waals surface area contributed by atoms with Gasteiger partial charge in [0.15, 0.2) is 0 Å². The van der Waals surface area contributed by atoms with Gasteiger partial charge in [0.05, 0.1) is 17.5 Å². The van der Waals surface area contributed by atoms with Crippen molar-refractivity contribution in [2.75, 3.05) is 6.54 Å². The van der Waals surface area contributed by atoms with Gasteiger partial charge >= 0.3 is 0 Å². The van der Waals surface area contributed by atoms with Crippen LogP contribution in [0.15, 0.2) is 53.4 Å². The van der Waals surface area contributed by atoms with Gasteiger partial charge < -0.3 is 5.32 Å². The van der Waals surface area contributed by atoms with E-state index in [4.69, 9.17) is 18.0 Å². The number of halogens is 1. The quantitative estimate of drug-likeness (QED) is 0.761. The summed E-state index contributed by atoms with van der Waals surface area (Å²) in [5.41, 5.74) is 1.000. The van der Waals surface area contributed by atoms with Gasteiger partial charge in [-0.15, -0.1) is 6.42 Å². The zero-order valence-electron chi connectivity index (χ0n) is 13.5. The van der Waals surface area contributed by atoms with Crippen LogP contribution in [0, 0.1) is 12.3 Å². The van der Waals surface area contributed by atoms with Crippen molar-refractivity contribution in [3.8, 4) is 12.3 Å². The lowest BCUT2D eigenvalue weighted by Crippen LogP contribution is -2.28. The van der Waals surface area contributed by atoms with Gasteiger partial charge in [-0.25, -0.2) is 8.42 Å². The number of terminal acetylenes is 1. The third-order valence-electron chi connectivity index (χ3n) is 3.49. The van der Waals surface area contributed by atoms with Gasteiger partial charge in [0.1, 0.15) is 0 Å². The van der Waals surface area contributed by atoms with E-state index in [1.807, 2.05) is 12.1 Å². The summed E-state index contributed by atoms with van der Waals surface area (Å²) in [5, 5.41) is 3.35. The van der Waals surface area contributed by atoms with Gasteiger partial charge in [0, 0.05) is 10.6 Å². The SMILES string of the molecule is C#CCNS(=O)(=O)c1cccc(C(=O)NC(C)c2ccccc2Cl)c1. The molecule has 1 atom stereocenters. The summed E-state index contributed by atoms with van der Waals surface area (Å²) in [6.07, 6.45) is 5.06. The molecule has 5 nitrogen and oxygen atoms in total. The second-order valence-corrected chi connectivity index (χ2v) is 7.45. The van der Waals surface area contributed by atoms with Crippen LogP contribution in [0.3, 0.4) is 0 Å². The lowest BCUT2D eigenvalue weighted by atomic mass is 10.1. The molecular weight excluding hydrogens is 360 g/mol. The van der Waals surface area contributed by atoms with Crippen molar-refractivity contribution in [1.29, 1.82) is 0 Å². The molecule has 0 radical (unpaired) electrons. The Bertz CT molecular complexity index is 920. The number of rotatable bonds is 6. The molecule has 2 aromatic rings. The number of carbonyl (C=O) groups is 1. The summed E-state index contributed by atoms with van der Waals surface area (Å²) < 4.78 is 26.4. The molecule has 0 aliphatic rings. The van der Waals surface area contributed by atoms with Crippen molar-refractivity contribution >= 4 is 27.5 Å². The summed E-state index contributed by atoms with van der Waals surface area (Å²) in [6, 6.07) is 12.6. The highest BCUT2D eigenvalue weighted by atomic mass is 35.5. The number of sulfonamides is 1. The van der Waals surface area contributed by atoms with Crippen molar-refractivity contribution < 1.29 is 13.2 Å². The summed E-state index contributed by atoms with van der Waals surface area (Å²) in [6.45, 7) is 1.68. The van der Waals surface area contributed by atoms with Crippen LogP contribution in [0.4, 0.5) is 0 Å². The highest BCUT2D eigenvalue weighted by molar-refractivity contribution is 7.89. The van der Waals surface area contributed by atoms with Crippen LogP contribution in [0.1, 0.15) is 28.9 Å². The van der Waals surface area contributed by atoms with Gasteiger partial charge in [-0.3, -0.25) is 4.79 Å². The van der Waals surface area contributed by atoms with Gasteiger partial charge in [-0.2, -0.15) is 4.72 Å². The van der Waals surface area contributed by atoms with E-state index in [9.17, 15) is 13.2 Å². The van der Waals surface area contributed by atoms with Crippen molar-refractivity contribution in [2.45, 2.75) is 17.9 Å². The van der Waals surface area contributed by atoms with E-state index in [1.54, 1.807) is 19.1 Å². The molecule has 1 unspecified atom stereocenters. The number of carbonyl (C=O) groups excluding carboxylic acids is 1. The molecule has 2 rings (SSSR count). The molecule has 0 aliphatic heterocycles. The maximum atomic E-state index is 12.4. The summed E-state index contributed by atoms with van der Waals surface area (Å²) in [4.78, 5) is 12.4. The molecule has 0 saturated heterocycles. The molecule has 0 fully saturated rings. The summed E-state index contributed by atoms with van der Waals surface area (Å²) >= 11 is 6.13. The Balaban J connectivity index is 2.19. The number of nitrogens with one attached hydrogen (secondary N) is 2. The van der Waals surface area contributed by atoms with Gasteiger partial charge in [0.2, 0.25) is 10.0 Å². The molecule has 0 aliphatic carbocycles. The van der Waals surface area contributed by atoms with Crippen molar-refractivity contribution in [3.05, 3.63) is 64.7 Å². The molecular formula is C18H17ClN2O3S. The molecule has 1 amide bonds. The Morgan fingerprint density at radius 3 is 2.64 bits per heavy atom. The van der Waals surface area contributed by atoms with Crippen molar-refractivity contribution in [2.24, 2.45) is 0 Å². The molecule has 0 heterocycles. The zero-order chi connectivity index (χ0) is 18.4. The van der Waals surface area contributed by atoms with E-state index >= 15 is 0 Å². The lowest BCUT2D eigenvalue weighted by molar-refractivity contribution is 0.0939. The number of hydrogen-bond acceptors (Lipinski definition) is 3. The third-order valence-corrected chi connectivity index (χ3v) is 5.23. The zero-order valence-corrected chi connectivity index (χ0v) is 15.1. The number of hydrogen-bond donors (Lipinski definition) is 2. The third kappa shape index (κ3) is 4.83. The molecule has 7 heteroatoms. The molecule has 130 valence electrons. The van der Waals surface area contributed by atoms with E-state index in [0.29, 0.717) is 5.02 Å². The Labute approximate surface area is 152 Å². The predicted molar refractivity (Wildman–Crippen MR) is 97.8 cm³/mol. The first-order valence-corrected chi connectivity index (χ1v) is 9.30. The van der Waals surface area contributed by atoms with Crippen LogP contribution in [-0.4, -0.2) is 20.9 Å². The Hall–Kier alpha value is -2.33. The lowest BCUT2D eigenvalue weighted by Gasteiger charge is -2.16. The monoisotopic (exact) mass is 376 g/mol. The van der Waals surface area contributed by atoms with E-state index in [1.165, 1.54) is 24.3 Å². The Morgan fingerprint density at radius 2 is 1.96 bits per heavy atom. The van der Waals surface area contributed by atoms with E-state index < -0.39 is 15.9 Å². The minimum Gasteiger partial charge on any atom is -0.345 e. The van der Waals surface area contributed by atoms with Gasteiger partial charge in [-0.05, 0) is 36.8 Å². The highest BCUT2D eigenvalue weighted by Gasteiger charge is 2.17. The molecule has 2 aromatic carbocycles. The smallest absolute Gasteiger partial charge is 0.251 e. The number of benzene rings is 2. The molecule has 0 bridgehead atoms. The van der Waals surface area contributed by atoms with Gasteiger partial charge in [0.25, 0.3) is 5.91 Å². The molecule has 0 spiro atoms. The van der Waals surface area contributed by atoms with E-state index in [2.05, 4.69) is 16.0 Å². The standard InChI is InChI=1S/C18H17ClN2O3S/c1-3-11-20-25(23,24)15-8-6-7-14(12-15)18(22)21-13(2)16-9-4-5-10-17(16)19/h1,4-10,12-13,20H,11H2,2H3,(H,21,22). The van der Waals surface area contributed by atoms with Crippen LogP contribution in [0.5, 0.6) is 0 Å². The minimum absolute atomic E-state index is 0.0270. The molecule has 2 N–H and O–H groups in total. The first-order valence-electron chi connectivity index (χ1n) is 7.43. The average Bonchev–Trinajstić information content (AvgIpc) is 2.60. The fraction of sp³-hybridized carbons (Fsp3) is 0.167. The minimum atomic E-state index is -3.76. The van der Waals surface area contributed by atoms with Crippen LogP contribution in [-0.2, 0) is 10.0 Å². The second-order valence-electron chi connectivity index (χ2n) is 5.27. The van der Waals surface area contributed by atoms with Crippen molar-refractivity contribution in [3.63, 3.8) is 0 Å².